The fourth-order valence-corrected chi connectivity index (χ4v) is 2.54. The molecule has 1 heterocycles. The third-order valence-corrected chi connectivity index (χ3v) is 3.83. The molecule has 2 aromatic rings. The van der Waals surface area contributed by atoms with Crippen LogP contribution < -0.4 is 9.47 Å². The minimum absolute atomic E-state index is 0.202. The number of hydrogen-bond donors (Lipinski definition) is 0. The van der Waals surface area contributed by atoms with Crippen LogP contribution in [0.4, 0.5) is 0 Å². The van der Waals surface area contributed by atoms with Gasteiger partial charge in [-0.3, -0.25) is 0 Å². The molecule has 1 saturated heterocycles. The molecule has 2 aromatic carbocycles. The third-order valence-electron chi connectivity index (χ3n) is 3.83. The number of carbonyl (C=O) groups excluding carboxylic acids is 3. The summed E-state index contributed by atoms with van der Waals surface area (Å²) in [4.78, 5) is 36.3. The SMILES string of the molecule is COc1cc(C=C2C(=O)OC(C)(C)OC2=O)ccc1OC(=O)c1ccccc1. The molecular weight excluding hydrogens is 364 g/mol. The van der Waals surface area contributed by atoms with Crippen molar-refractivity contribution >= 4 is 24.0 Å². The Morgan fingerprint density at radius 2 is 1.61 bits per heavy atom. The second kappa shape index (κ2) is 7.56. The number of hydrogen-bond acceptors (Lipinski definition) is 7. The van der Waals surface area contributed by atoms with Crippen molar-refractivity contribution in [3.8, 4) is 11.5 Å². The highest BCUT2D eigenvalue weighted by Crippen LogP contribution is 2.31. The van der Waals surface area contributed by atoms with Gasteiger partial charge in [0, 0.05) is 13.8 Å². The average Bonchev–Trinajstić information content (AvgIpc) is 2.65. The molecule has 0 aliphatic carbocycles. The summed E-state index contributed by atoms with van der Waals surface area (Å²) in [6.45, 7) is 2.94. The standard InChI is InChI=1S/C21H18O7/c1-21(2)27-19(23)15(20(24)28-21)11-13-9-10-16(17(12-13)25-3)26-18(22)14-7-5-4-6-8-14/h4-12H,1-3H3. The number of cyclic esters (lactones) is 2. The topological polar surface area (TPSA) is 88.1 Å². The number of methoxy groups -OCH3 is 1. The van der Waals surface area contributed by atoms with Gasteiger partial charge in [-0.15, -0.1) is 0 Å². The Morgan fingerprint density at radius 1 is 0.964 bits per heavy atom. The molecule has 144 valence electrons. The number of ether oxygens (including phenoxy) is 4. The van der Waals surface area contributed by atoms with Crippen LogP contribution in [0.1, 0.15) is 29.8 Å². The van der Waals surface area contributed by atoms with E-state index in [1.165, 1.54) is 39.2 Å². The van der Waals surface area contributed by atoms with E-state index in [0.717, 1.165) is 0 Å². The van der Waals surface area contributed by atoms with Crippen molar-refractivity contribution in [2.45, 2.75) is 19.6 Å². The van der Waals surface area contributed by atoms with Crippen LogP contribution in [0.3, 0.4) is 0 Å². The molecule has 0 amide bonds. The normalized spacial score (nSPS) is 15.3. The van der Waals surface area contributed by atoms with Crippen LogP contribution in [0.15, 0.2) is 54.1 Å². The molecule has 7 nitrogen and oxygen atoms in total. The maximum atomic E-state index is 12.2. The van der Waals surface area contributed by atoms with Gasteiger partial charge in [0.25, 0.3) is 5.79 Å². The van der Waals surface area contributed by atoms with Crippen molar-refractivity contribution in [1.82, 2.24) is 0 Å². The second-order valence-corrected chi connectivity index (χ2v) is 6.40. The van der Waals surface area contributed by atoms with Gasteiger partial charge in [0.05, 0.1) is 12.7 Å². The van der Waals surface area contributed by atoms with Crippen molar-refractivity contribution in [3.63, 3.8) is 0 Å². The highest BCUT2D eigenvalue weighted by molar-refractivity contribution is 6.18. The zero-order chi connectivity index (χ0) is 20.3. The maximum absolute atomic E-state index is 12.2. The number of carbonyl (C=O) groups is 3. The lowest BCUT2D eigenvalue weighted by Gasteiger charge is -2.29. The minimum atomic E-state index is -1.31. The zero-order valence-corrected chi connectivity index (χ0v) is 15.6. The Bertz CT molecular complexity index is 936. The van der Waals surface area contributed by atoms with Gasteiger partial charge in [0.2, 0.25) is 0 Å². The molecule has 0 bridgehead atoms. The van der Waals surface area contributed by atoms with E-state index in [9.17, 15) is 14.4 Å². The zero-order valence-electron chi connectivity index (χ0n) is 15.6. The Morgan fingerprint density at radius 3 is 2.21 bits per heavy atom. The molecule has 0 spiro atoms. The highest BCUT2D eigenvalue weighted by Gasteiger charge is 2.38. The molecule has 1 aliphatic heterocycles. The predicted molar refractivity (Wildman–Crippen MR) is 98.6 cm³/mol. The first-order valence-corrected chi connectivity index (χ1v) is 8.43. The lowest BCUT2D eigenvalue weighted by atomic mass is 10.1. The molecule has 3 rings (SSSR count). The average molecular weight is 382 g/mol. The smallest absolute Gasteiger partial charge is 0.348 e. The fraction of sp³-hybridized carbons (Fsp3) is 0.190. The number of esters is 3. The molecular formula is C21H18O7. The van der Waals surface area contributed by atoms with Gasteiger partial charge in [0.15, 0.2) is 11.5 Å². The van der Waals surface area contributed by atoms with E-state index in [0.29, 0.717) is 11.1 Å². The summed E-state index contributed by atoms with van der Waals surface area (Å²) in [6, 6.07) is 13.1. The van der Waals surface area contributed by atoms with Crippen LogP contribution in [0.2, 0.25) is 0 Å². The van der Waals surface area contributed by atoms with Crippen LogP contribution in [0.25, 0.3) is 6.08 Å². The van der Waals surface area contributed by atoms with Crippen LogP contribution in [-0.4, -0.2) is 30.8 Å². The Labute approximate surface area is 161 Å². The van der Waals surface area contributed by atoms with Crippen LogP contribution >= 0.6 is 0 Å². The van der Waals surface area contributed by atoms with Gasteiger partial charge < -0.3 is 18.9 Å². The van der Waals surface area contributed by atoms with Crippen LogP contribution in [0, 0.1) is 0 Å². The molecule has 28 heavy (non-hydrogen) atoms. The summed E-state index contributed by atoms with van der Waals surface area (Å²) in [5.41, 5.74) is 0.626. The van der Waals surface area contributed by atoms with Crippen molar-refractivity contribution in [1.29, 1.82) is 0 Å². The Hall–Kier alpha value is -3.61. The molecule has 1 fully saturated rings. The summed E-state index contributed by atoms with van der Waals surface area (Å²) in [5.74, 6) is -2.94. The predicted octanol–water partition coefficient (Wildman–Crippen LogP) is 3.13. The van der Waals surface area contributed by atoms with E-state index in [-0.39, 0.29) is 17.1 Å². The van der Waals surface area contributed by atoms with Gasteiger partial charge in [0.1, 0.15) is 5.57 Å². The Kier molecular flexibility index (Phi) is 5.17. The molecule has 7 heteroatoms. The summed E-state index contributed by atoms with van der Waals surface area (Å²) in [5, 5.41) is 0. The molecule has 0 unspecified atom stereocenters. The summed E-state index contributed by atoms with van der Waals surface area (Å²) in [7, 11) is 1.41. The first-order chi connectivity index (χ1) is 13.3. The van der Waals surface area contributed by atoms with Crippen LogP contribution in [-0.2, 0) is 19.1 Å². The first kappa shape index (κ1) is 19.2. The van der Waals surface area contributed by atoms with E-state index in [4.69, 9.17) is 18.9 Å². The van der Waals surface area contributed by atoms with Crippen molar-refractivity contribution in [3.05, 3.63) is 65.2 Å². The quantitative estimate of drug-likeness (QED) is 0.347. The van der Waals surface area contributed by atoms with E-state index >= 15 is 0 Å². The summed E-state index contributed by atoms with van der Waals surface area (Å²) in [6.07, 6.45) is 1.32. The van der Waals surface area contributed by atoms with Crippen molar-refractivity contribution in [2.24, 2.45) is 0 Å². The molecule has 0 N–H and O–H groups in total. The van der Waals surface area contributed by atoms with E-state index in [1.807, 2.05) is 0 Å². The fourth-order valence-electron chi connectivity index (χ4n) is 2.54. The minimum Gasteiger partial charge on any atom is -0.493 e. The van der Waals surface area contributed by atoms with Crippen molar-refractivity contribution in [2.75, 3.05) is 7.11 Å². The van der Waals surface area contributed by atoms with Gasteiger partial charge in [-0.1, -0.05) is 24.3 Å². The summed E-state index contributed by atoms with van der Waals surface area (Å²) < 4.78 is 20.7. The van der Waals surface area contributed by atoms with Gasteiger partial charge in [-0.25, -0.2) is 14.4 Å². The number of benzene rings is 2. The first-order valence-electron chi connectivity index (χ1n) is 8.43. The monoisotopic (exact) mass is 382 g/mol. The second-order valence-electron chi connectivity index (χ2n) is 6.40. The van der Waals surface area contributed by atoms with Crippen molar-refractivity contribution < 1.29 is 33.3 Å². The third kappa shape index (κ3) is 4.20. The van der Waals surface area contributed by atoms with Crippen LogP contribution in [0.5, 0.6) is 11.5 Å². The molecule has 0 aromatic heterocycles. The highest BCUT2D eigenvalue weighted by atomic mass is 16.7. The van der Waals surface area contributed by atoms with Gasteiger partial charge in [-0.2, -0.15) is 0 Å². The molecule has 0 atom stereocenters. The van der Waals surface area contributed by atoms with Gasteiger partial charge in [-0.05, 0) is 35.9 Å². The number of rotatable bonds is 4. The lowest BCUT2D eigenvalue weighted by Crippen LogP contribution is -2.41. The molecule has 1 aliphatic rings. The van der Waals surface area contributed by atoms with E-state index in [1.54, 1.807) is 36.4 Å². The van der Waals surface area contributed by atoms with Gasteiger partial charge >= 0.3 is 17.9 Å². The largest absolute Gasteiger partial charge is 0.493 e. The lowest BCUT2D eigenvalue weighted by molar-refractivity contribution is -0.222. The van der Waals surface area contributed by atoms with E-state index in [2.05, 4.69) is 0 Å². The van der Waals surface area contributed by atoms with E-state index < -0.39 is 23.7 Å². The maximum Gasteiger partial charge on any atom is 0.348 e. The summed E-state index contributed by atoms with van der Waals surface area (Å²) >= 11 is 0. The Balaban J connectivity index is 1.84. The molecule has 0 radical (unpaired) electrons. The molecule has 0 saturated carbocycles.